The van der Waals surface area contributed by atoms with Gasteiger partial charge in [0.1, 0.15) is 0 Å². The van der Waals surface area contributed by atoms with E-state index in [1.807, 2.05) is 18.2 Å². The number of carbonyl (C=O) groups is 1. The summed E-state index contributed by atoms with van der Waals surface area (Å²) in [6.45, 7) is 0. The van der Waals surface area contributed by atoms with Gasteiger partial charge in [-0.1, -0.05) is 18.2 Å². The summed E-state index contributed by atoms with van der Waals surface area (Å²) in [5.74, 6) is 0.756. The molecule has 13 heavy (non-hydrogen) atoms. The second-order valence-corrected chi connectivity index (χ2v) is 3.45. The first-order valence-electron chi connectivity index (χ1n) is 4.59. The monoisotopic (exact) mass is 176 g/mol. The topological polar surface area (TPSA) is 37.3 Å². The van der Waals surface area contributed by atoms with E-state index in [1.54, 1.807) is 0 Å². The van der Waals surface area contributed by atoms with Gasteiger partial charge in [0.2, 0.25) is 0 Å². The Morgan fingerprint density at radius 3 is 2.38 bits per heavy atom. The molecule has 0 radical (unpaired) electrons. The normalized spacial score (nSPS) is 25.2. The van der Waals surface area contributed by atoms with E-state index in [2.05, 4.69) is 0 Å². The highest BCUT2D eigenvalue weighted by Crippen LogP contribution is 2.26. The molecule has 1 fully saturated rings. The molecular formula is C11H12O2. The summed E-state index contributed by atoms with van der Waals surface area (Å²) >= 11 is 0. The van der Waals surface area contributed by atoms with E-state index in [-0.39, 0.29) is 5.78 Å². The van der Waals surface area contributed by atoms with Crippen LogP contribution >= 0.6 is 0 Å². The molecule has 0 aromatic carbocycles. The zero-order chi connectivity index (χ0) is 9.26. The summed E-state index contributed by atoms with van der Waals surface area (Å²) < 4.78 is 0. The van der Waals surface area contributed by atoms with Crippen LogP contribution < -0.4 is 0 Å². The highest BCUT2D eigenvalue weighted by molar-refractivity contribution is 6.01. The summed E-state index contributed by atoms with van der Waals surface area (Å²) in [4.78, 5) is 10.9. The highest BCUT2D eigenvalue weighted by Gasteiger charge is 2.18. The van der Waals surface area contributed by atoms with Gasteiger partial charge in [0.15, 0.2) is 5.78 Å². The van der Waals surface area contributed by atoms with Gasteiger partial charge in [0.25, 0.3) is 0 Å². The fourth-order valence-electron chi connectivity index (χ4n) is 1.39. The Hall–Kier alpha value is -1.31. The van der Waals surface area contributed by atoms with E-state index < -0.39 is 0 Å². The number of rotatable bonds is 2. The molecule has 0 saturated heterocycles. The van der Waals surface area contributed by atoms with Crippen molar-refractivity contribution in [2.24, 2.45) is 0 Å². The van der Waals surface area contributed by atoms with Crippen LogP contribution in [0.15, 0.2) is 35.1 Å². The molecule has 0 atom stereocenters. The summed E-state index contributed by atoms with van der Waals surface area (Å²) in [6, 6.07) is 0. The summed E-state index contributed by atoms with van der Waals surface area (Å²) in [6.07, 6.45) is 8.97. The van der Waals surface area contributed by atoms with E-state index >= 15 is 0 Å². The molecule has 0 amide bonds. The van der Waals surface area contributed by atoms with E-state index in [0.29, 0.717) is 12.2 Å². The van der Waals surface area contributed by atoms with Crippen molar-refractivity contribution in [3.63, 3.8) is 0 Å². The predicted octanol–water partition coefficient (Wildman–Crippen LogP) is 2.44. The largest absolute Gasteiger partial charge is 0.512 e. The van der Waals surface area contributed by atoms with Gasteiger partial charge in [-0.2, -0.15) is 0 Å². The average Bonchev–Trinajstić information content (AvgIpc) is 2.12. The lowest BCUT2D eigenvalue weighted by Gasteiger charge is -2.15. The van der Waals surface area contributed by atoms with E-state index in [4.69, 9.17) is 5.11 Å². The predicted molar refractivity (Wildman–Crippen MR) is 50.4 cm³/mol. The Kier molecular flexibility index (Phi) is 2.05. The number of Topliss-reactive ketones (excluding diaryl/α,β-unsaturated/α-hetero) is 1. The number of aliphatic hydroxyl groups excluding tert-OH is 1. The Balaban J connectivity index is 1.95. The molecule has 2 nitrogen and oxygen atoms in total. The van der Waals surface area contributed by atoms with Crippen molar-refractivity contribution < 1.29 is 9.90 Å². The van der Waals surface area contributed by atoms with Gasteiger partial charge in [-0.15, -0.1) is 0 Å². The summed E-state index contributed by atoms with van der Waals surface area (Å²) in [7, 11) is 0. The third-order valence-electron chi connectivity index (χ3n) is 2.58. The van der Waals surface area contributed by atoms with Gasteiger partial charge in [-0.3, -0.25) is 4.79 Å². The molecule has 0 heterocycles. The fourth-order valence-corrected chi connectivity index (χ4v) is 1.39. The maximum absolute atomic E-state index is 10.9. The van der Waals surface area contributed by atoms with Gasteiger partial charge >= 0.3 is 0 Å². The van der Waals surface area contributed by atoms with Crippen molar-refractivity contribution in [3.8, 4) is 0 Å². The Bertz CT molecular complexity index is 332. The minimum Gasteiger partial charge on any atom is -0.512 e. The molecule has 0 bridgehead atoms. The first-order chi connectivity index (χ1) is 6.27. The Labute approximate surface area is 77.3 Å². The lowest BCUT2D eigenvalue weighted by atomic mass is 9.90. The minimum absolute atomic E-state index is 0.261. The molecule has 0 aromatic rings. The van der Waals surface area contributed by atoms with Crippen LogP contribution in [0.2, 0.25) is 0 Å². The molecule has 1 saturated carbocycles. The number of allylic oxidation sites excluding steroid dienone is 6. The van der Waals surface area contributed by atoms with Crippen molar-refractivity contribution in [1.82, 2.24) is 0 Å². The van der Waals surface area contributed by atoms with Crippen LogP contribution in [0.1, 0.15) is 25.7 Å². The number of hydrogen-bond donors (Lipinski definition) is 1. The molecule has 2 aliphatic rings. The van der Waals surface area contributed by atoms with Crippen LogP contribution in [-0.2, 0) is 4.79 Å². The maximum atomic E-state index is 10.9. The minimum atomic E-state index is 0.261. The molecule has 0 aliphatic heterocycles. The van der Waals surface area contributed by atoms with Gasteiger partial charge < -0.3 is 5.11 Å². The molecule has 2 aliphatic carbocycles. The highest BCUT2D eigenvalue weighted by atomic mass is 16.3. The zero-order valence-electron chi connectivity index (χ0n) is 7.42. The Morgan fingerprint density at radius 1 is 1.15 bits per heavy atom. The molecular weight excluding hydrogens is 164 g/mol. The lowest BCUT2D eigenvalue weighted by molar-refractivity contribution is -0.118. The quantitative estimate of drug-likeness (QED) is 0.656. The SMILES string of the molecule is O=C1CCC1=CC=CC1=C(O)CC1. The van der Waals surface area contributed by atoms with Crippen LogP contribution in [0.3, 0.4) is 0 Å². The van der Waals surface area contributed by atoms with E-state index in [9.17, 15) is 4.79 Å². The van der Waals surface area contributed by atoms with E-state index in [0.717, 1.165) is 30.4 Å². The van der Waals surface area contributed by atoms with Crippen LogP contribution in [0, 0.1) is 0 Å². The standard InChI is InChI=1S/C11H12O2/c12-10-6-4-8(10)2-1-3-9-5-7-11(9)13/h1-3,12H,4-7H2. The number of hydrogen-bond acceptors (Lipinski definition) is 2. The van der Waals surface area contributed by atoms with Gasteiger partial charge in [-0.25, -0.2) is 0 Å². The first kappa shape index (κ1) is 8.30. The third-order valence-corrected chi connectivity index (χ3v) is 2.58. The smallest absolute Gasteiger partial charge is 0.159 e. The molecule has 1 N–H and O–H groups in total. The molecule has 2 rings (SSSR count). The van der Waals surface area contributed by atoms with Crippen LogP contribution in [-0.4, -0.2) is 10.9 Å². The fraction of sp³-hybridized carbons (Fsp3) is 0.364. The van der Waals surface area contributed by atoms with Crippen LogP contribution in [0.5, 0.6) is 0 Å². The van der Waals surface area contributed by atoms with Gasteiger partial charge in [0, 0.05) is 12.8 Å². The number of ketones is 1. The third kappa shape index (κ3) is 1.57. The van der Waals surface area contributed by atoms with Crippen molar-refractivity contribution in [1.29, 1.82) is 0 Å². The Morgan fingerprint density at radius 2 is 2.00 bits per heavy atom. The lowest BCUT2D eigenvalue weighted by Crippen LogP contribution is -2.13. The van der Waals surface area contributed by atoms with Crippen molar-refractivity contribution in [2.45, 2.75) is 25.7 Å². The average molecular weight is 176 g/mol. The van der Waals surface area contributed by atoms with Crippen molar-refractivity contribution in [2.75, 3.05) is 0 Å². The molecule has 0 spiro atoms. The second-order valence-electron chi connectivity index (χ2n) is 3.45. The van der Waals surface area contributed by atoms with Crippen LogP contribution in [0.4, 0.5) is 0 Å². The number of carbonyl (C=O) groups excluding carboxylic acids is 1. The number of aliphatic hydroxyl groups is 1. The van der Waals surface area contributed by atoms with E-state index in [1.165, 1.54) is 0 Å². The molecule has 0 aromatic heterocycles. The first-order valence-corrected chi connectivity index (χ1v) is 4.59. The van der Waals surface area contributed by atoms with Crippen LogP contribution in [0.25, 0.3) is 0 Å². The van der Waals surface area contributed by atoms with Crippen molar-refractivity contribution >= 4 is 5.78 Å². The van der Waals surface area contributed by atoms with Gasteiger partial charge in [-0.05, 0) is 24.0 Å². The van der Waals surface area contributed by atoms with Crippen molar-refractivity contribution in [3.05, 3.63) is 35.1 Å². The second kappa shape index (κ2) is 3.21. The molecule has 68 valence electrons. The zero-order valence-corrected chi connectivity index (χ0v) is 7.42. The maximum Gasteiger partial charge on any atom is 0.159 e. The van der Waals surface area contributed by atoms with Gasteiger partial charge in [0.05, 0.1) is 5.76 Å². The summed E-state index contributed by atoms with van der Waals surface area (Å²) in [5.41, 5.74) is 1.92. The molecule has 2 heteroatoms. The summed E-state index contributed by atoms with van der Waals surface area (Å²) in [5, 5.41) is 9.14. The molecule has 0 unspecified atom stereocenters.